The number of aliphatic hydroxyl groups is 2. The van der Waals surface area contributed by atoms with E-state index >= 15 is 0 Å². The maximum Gasteiger partial charge on any atom is 0.240 e. The van der Waals surface area contributed by atoms with Crippen LogP contribution in [0.4, 0.5) is 0 Å². The SMILES string of the molecule is CCc1cc(-c2ccc3c(c2)OC(CC(C)C)n2c-3cc3cc(-c4cnc(C5CCCN5C(=O)C(NC(O)OC)C(C)C)[nH]4)ccc32)[nH]c1C1CCCN1C(O)C(N)C(C)C. The number of rotatable bonds is 15. The van der Waals surface area contributed by atoms with Crippen molar-refractivity contribution in [3.05, 3.63) is 71.8 Å². The van der Waals surface area contributed by atoms with Gasteiger partial charge >= 0.3 is 0 Å². The fourth-order valence-electron chi connectivity index (χ4n) is 9.83. The number of hydrogen-bond acceptors (Lipinski definition) is 9. The minimum atomic E-state index is -1.22. The number of amides is 1. The zero-order valence-electron chi connectivity index (χ0n) is 37.1. The van der Waals surface area contributed by atoms with Crippen LogP contribution in [-0.2, 0) is 16.0 Å². The summed E-state index contributed by atoms with van der Waals surface area (Å²) in [5.41, 5.74) is 16.2. The van der Waals surface area contributed by atoms with Gasteiger partial charge in [-0.15, -0.1) is 0 Å². The number of likely N-dealkylation sites (tertiary alicyclic amines) is 2. The van der Waals surface area contributed by atoms with Crippen LogP contribution in [0.5, 0.6) is 5.75 Å². The van der Waals surface area contributed by atoms with Gasteiger partial charge in [-0.25, -0.2) is 4.98 Å². The molecule has 2 aromatic carbocycles. The molecule has 3 aliphatic rings. The first-order valence-electron chi connectivity index (χ1n) is 22.5. The van der Waals surface area contributed by atoms with Crippen molar-refractivity contribution in [2.45, 2.75) is 130 Å². The number of aromatic amines is 2. The Kier molecular flexibility index (Phi) is 12.5. The molecule has 0 saturated carbocycles. The van der Waals surface area contributed by atoms with Crippen molar-refractivity contribution in [3.63, 3.8) is 0 Å². The summed E-state index contributed by atoms with van der Waals surface area (Å²) in [6.45, 7) is 16.2. The van der Waals surface area contributed by atoms with Gasteiger partial charge in [-0.1, -0.05) is 60.6 Å². The van der Waals surface area contributed by atoms with Crippen molar-refractivity contribution >= 4 is 16.8 Å². The summed E-state index contributed by atoms with van der Waals surface area (Å²) < 4.78 is 14.3. The van der Waals surface area contributed by atoms with E-state index in [2.05, 4.69) is 108 Å². The van der Waals surface area contributed by atoms with Crippen LogP contribution in [0.15, 0.2) is 54.7 Å². The number of methoxy groups -OCH3 is 1. The number of imidazole rings is 1. The van der Waals surface area contributed by atoms with Crippen LogP contribution in [-0.4, -0.2) is 90.4 Å². The van der Waals surface area contributed by atoms with Gasteiger partial charge in [-0.3, -0.25) is 15.0 Å². The van der Waals surface area contributed by atoms with Gasteiger partial charge < -0.3 is 44.9 Å². The molecule has 13 nitrogen and oxygen atoms in total. The van der Waals surface area contributed by atoms with E-state index in [9.17, 15) is 15.0 Å². The van der Waals surface area contributed by atoms with Crippen LogP contribution < -0.4 is 15.8 Å². The van der Waals surface area contributed by atoms with Crippen LogP contribution in [0.2, 0.25) is 0 Å². The van der Waals surface area contributed by atoms with Crippen LogP contribution in [0.3, 0.4) is 0 Å². The lowest BCUT2D eigenvalue weighted by atomic mass is 10.0. The average molecular weight is 835 g/mol. The van der Waals surface area contributed by atoms with Gasteiger partial charge in [0, 0.05) is 66.1 Å². The summed E-state index contributed by atoms with van der Waals surface area (Å²) in [5.74, 6) is 2.11. The van der Waals surface area contributed by atoms with Gasteiger partial charge in [0.2, 0.25) is 12.3 Å². The third kappa shape index (κ3) is 8.28. The molecule has 0 radical (unpaired) electrons. The van der Waals surface area contributed by atoms with E-state index in [1.165, 1.54) is 18.4 Å². The molecule has 3 aliphatic heterocycles. The highest BCUT2D eigenvalue weighted by Gasteiger charge is 2.39. The topological polar surface area (TPSA) is 170 Å². The molecule has 7 N–H and O–H groups in total. The molecule has 3 aromatic heterocycles. The number of carbonyl (C=O) groups is 1. The first-order chi connectivity index (χ1) is 29.3. The number of aromatic nitrogens is 4. The summed E-state index contributed by atoms with van der Waals surface area (Å²) in [4.78, 5) is 30.0. The Morgan fingerprint density at radius 1 is 0.951 bits per heavy atom. The van der Waals surface area contributed by atoms with E-state index in [1.807, 2.05) is 24.9 Å². The van der Waals surface area contributed by atoms with Gasteiger partial charge in [-0.2, -0.15) is 0 Å². The Hall–Kier alpha value is -4.50. The monoisotopic (exact) mass is 835 g/mol. The molecule has 7 unspecified atom stereocenters. The molecule has 7 atom stereocenters. The van der Waals surface area contributed by atoms with E-state index in [0.29, 0.717) is 12.5 Å². The van der Waals surface area contributed by atoms with E-state index in [1.54, 1.807) is 0 Å². The maximum absolute atomic E-state index is 13.8. The summed E-state index contributed by atoms with van der Waals surface area (Å²) >= 11 is 0. The largest absolute Gasteiger partial charge is 0.469 e. The second-order valence-corrected chi connectivity index (χ2v) is 18.5. The second kappa shape index (κ2) is 17.7. The van der Waals surface area contributed by atoms with Crippen molar-refractivity contribution in [1.29, 1.82) is 0 Å². The van der Waals surface area contributed by atoms with Crippen molar-refractivity contribution in [1.82, 2.24) is 34.6 Å². The fraction of sp³-hybridized carbons (Fsp3) is 0.542. The van der Waals surface area contributed by atoms with Gasteiger partial charge in [-0.05, 0) is 91.8 Å². The summed E-state index contributed by atoms with van der Waals surface area (Å²) in [5, 5.41) is 25.4. The number of nitrogens with two attached hydrogens (primary N) is 1. The highest BCUT2D eigenvalue weighted by molar-refractivity contribution is 5.92. The lowest BCUT2D eigenvalue weighted by Gasteiger charge is -2.34. The maximum atomic E-state index is 13.8. The van der Waals surface area contributed by atoms with E-state index < -0.39 is 18.7 Å². The van der Waals surface area contributed by atoms with E-state index in [-0.39, 0.29) is 42.1 Å². The molecule has 2 saturated heterocycles. The normalized spacial score (nSPS) is 21.3. The second-order valence-electron chi connectivity index (χ2n) is 18.5. The molecule has 8 rings (SSSR count). The van der Waals surface area contributed by atoms with Crippen LogP contribution in [0.25, 0.3) is 44.7 Å². The third-order valence-corrected chi connectivity index (χ3v) is 13.3. The Balaban J connectivity index is 1.08. The predicted octanol–water partition coefficient (Wildman–Crippen LogP) is 7.83. The minimum absolute atomic E-state index is 0.0453. The molecule has 61 heavy (non-hydrogen) atoms. The first kappa shape index (κ1) is 43.2. The number of hydrogen-bond donors (Lipinski definition) is 6. The van der Waals surface area contributed by atoms with Crippen LogP contribution in [0, 0.1) is 17.8 Å². The number of nitrogens with one attached hydrogen (secondary N) is 3. The minimum Gasteiger partial charge on any atom is -0.469 e. The van der Waals surface area contributed by atoms with Crippen molar-refractivity contribution in [3.8, 4) is 39.5 Å². The molecule has 328 valence electrons. The highest BCUT2D eigenvalue weighted by Crippen LogP contribution is 2.46. The molecule has 0 spiro atoms. The number of ether oxygens (including phenoxy) is 2. The summed E-state index contributed by atoms with van der Waals surface area (Å²) in [6, 6.07) is 16.6. The van der Waals surface area contributed by atoms with E-state index in [4.69, 9.17) is 20.2 Å². The number of benzene rings is 2. The van der Waals surface area contributed by atoms with Crippen molar-refractivity contribution < 1.29 is 24.5 Å². The Morgan fingerprint density at radius 2 is 1.69 bits per heavy atom. The Morgan fingerprint density at radius 3 is 2.41 bits per heavy atom. The van der Waals surface area contributed by atoms with Crippen LogP contribution >= 0.6 is 0 Å². The standard InChI is InChI=1S/C48H66N8O5/c1-9-29-22-34(51-44(29)37-12-10-18-54(37)46(57)42(49)27(4)5)31-14-16-33-39-23-32-21-30(15-17-36(32)56(39)41(20-26(2)3)61-40(33)24-31)35-25-50-45(52-35)38-13-11-19-55(38)47(58)43(28(6)7)53-48(59)60-8/h14-17,21-28,37-38,41-43,46,48,51,53,57,59H,9-13,18-20,49H2,1-8H3,(H,50,52). The molecule has 13 heteroatoms. The number of fused-ring (bicyclic) bond motifs is 5. The number of carbonyl (C=O) groups excluding carboxylic acids is 1. The smallest absolute Gasteiger partial charge is 0.240 e. The molecule has 2 fully saturated rings. The van der Waals surface area contributed by atoms with Crippen molar-refractivity contribution in [2.24, 2.45) is 23.5 Å². The highest BCUT2D eigenvalue weighted by atomic mass is 16.6. The third-order valence-electron chi connectivity index (χ3n) is 13.3. The summed E-state index contributed by atoms with van der Waals surface area (Å²) in [7, 11) is 1.40. The summed E-state index contributed by atoms with van der Waals surface area (Å²) in [6.07, 6.45) is 5.19. The van der Waals surface area contributed by atoms with E-state index in [0.717, 1.165) is 101 Å². The molecule has 5 aromatic rings. The first-order valence-corrected chi connectivity index (χ1v) is 22.5. The number of H-pyrrole nitrogens is 2. The molecular formula is C48H66N8O5. The molecular weight excluding hydrogens is 769 g/mol. The van der Waals surface area contributed by atoms with Crippen molar-refractivity contribution in [2.75, 3.05) is 20.2 Å². The number of aryl methyl sites for hydroxylation is 1. The molecule has 6 heterocycles. The molecule has 0 bridgehead atoms. The Bertz CT molecular complexity index is 2330. The number of aliphatic hydroxyl groups excluding tert-OH is 2. The quantitative estimate of drug-likeness (QED) is 0.0576. The van der Waals surface area contributed by atoms with Gasteiger partial charge in [0.15, 0.2) is 6.23 Å². The Labute approximate surface area is 360 Å². The average Bonchev–Trinajstić information content (AvgIpc) is 4.09. The fourth-order valence-corrected chi connectivity index (χ4v) is 9.83. The van der Waals surface area contributed by atoms with Gasteiger partial charge in [0.05, 0.1) is 41.2 Å². The van der Waals surface area contributed by atoms with Gasteiger partial charge in [0.1, 0.15) is 17.8 Å². The lowest BCUT2D eigenvalue weighted by molar-refractivity contribution is -0.145. The molecule has 0 aliphatic carbocycles. The van der Waals surface area contributed by atoms with Crippen LogP contribution in [0.1, 0.15) is 116 Å². The van der Waals surface area contributed by atoms with Gasteiger partial charge in [0.25, 0.3) is 0 Å². The lowest BCUT2D eigenvalue weighted by Crippen LogP contribution is -2.52. The molecule has 1 amide bonds. The number of nitrogens with zero attached hydrogens (tertiary/aromatic N) is 4. The zero-order valence-corrected chi connectivity index (χ0v) is 37.1. The zero-order chi connectivity index (χ0) is 43.3. The predicted molar refractivity (Wildman–Crippen MR) is 239 cm³/mol.